The zero-order valence-corrected chi connectivity index (χ0v) is 20.4. The van der Waals surface area contributed by atoms with Gasteiger partial charge in [0.2, 0.25) is 0 Å². The van der Waals surface area contributed by atoms with Gasteiger partial charge >= 0.3 is 0 Å². The van der Waals surface area contributed by atoms with Gasteiger partial charge in [-0.15, -0.1) is 0 Å². The predicted molar refractivity (Wildman–Crippen MR) is 133 cm³/mol. The van der Waals surface area contributed by atoms with E-state index in [1.165, 1.54) is 5.57 Å². The van der Waals surface area contributed by atoms with Gasteiger partial charge in [-0.05, 0) is 74.7 Å². The second kappa shape index (κ2) is 8.39. The standard InChI is InChI=1S/C29H39NO3/c1-28-16-13-20-19-11-12-26(32)27(23-7-4-5-8-25(23)30(2)3)22(19)10-9-21(20)24(28)14-17-29(28,33)15-6-18-31/h4-8,15,19-21,24,31,33H,9-14,16-18H2,1-3H3/b15-6-/t19-,20-,21-,24+,28+,29+/m1/s1. The quantitative estimate of drug-likeness (QED) is 0.635. The van der Waals surface area contributed by atoms with Crippen molar-refractivity contribution < 1.29 is 15.0 Å². The number of fused-ring (bicyclic) bond motifs is 5. The molecule has 0 aromatic heterocycles. The fourth-order valence-corrected chi connectivity index (χ4v) is 8.26. The number of para-hydroxylation sites is 1. The van der Waals surface area contributed by atoms with E-state index in [0.717, 1.165) is 61.8 Å². The summed E-state index contributed by atoms with van der Waals surface area (Å²) < 4.78 is 0. The fraction of sp³-hybridized carbons (Fsp3) is 0.621. The molecule has 3 saturated carbocycles. The van der Waals surface area contributed by atoms with Crippen LogP contribution in [0.15, 0.2) is 42.0 Å². The van der Waals surface area contributed by atoms with Crippen LogP contribution in [-0.2, 0) is 4.79 Å². The molecule has 4 nitrogen and oxygen atoms in total. The highest BCUT2D eigenvalue weighted by atomic mass is 16.3. The van der Waals surface area contributed by atoms with E-state index in [2.05, 4.69) is 50.2 Å². The van der Waals surface area contributed by atoms with E-state index in [1.807, 2.05) is 6.08 Å². The molecule has 0 radical (unpaired) electrons. The molecule has 0 bridgehead atoms. The molecule has 4 aliphatic carbocycles. The minimum atomic E-state index is -0.806. The smallest absolute Gasteiger partial charge is 0.163 e. The molecule has 4 aliphatic rings. The van der Waals surface area contributed by atoms with Crippen molar-refractivity contribution in [3.8, 4) is 0 Å². The van der Waals surface area contributed by atoms with E-state index in [1.54, 1.807) is 6.08 Å². The minimum Gasteiger partial charge on any atom is -0.392 e. The Morgan fingerprint density at radius 3 is 2.61 bits per heavy atom. The summed E-state index contributed by atoms with van der Waals surface area (Å²) in [7, 11) is 4.11. The Bertz CT molecular complexity index is 994. The van der Waals surface area contributed by atoms with Crippen LogP contribution in [0, 0.1) is 29.1 Å². The van der Waals surface area contributed by atoms with Crippen LogP contribution in [0.5, 0.6) is 0 Å². The van der Waals surface area contributed by atoms with Gasteiger partial charge in [0.1, 0.15) is 0 Å². The molecule has 5 rings (SSSR count). The van der Waals surface area contributed by atoms with Crippen LogP contribution in [0.1, 0.15) is 63.9 Å². The largest absolute Gasteiger partial charge is 0.392 e. The number of nitrogens with zero attached hydrogens (tertiary/aromatic N) is 1. The lowest BCUT2D eigenvalue weighted by Crippen LogP contribution is -2.52. The molecule has 0 aliphatic heterocycles. The van der Waals surface area contributed by atoms with Gasteiger partial charge < -0.3 is 15.1 Å². The Balaban J connectivity index is 1.50. The number of aliphatic hydroxyl groups is 2. The van der Waals surface area contributed by atoms with Crippen molar-refractivity contribution in [2.45, 2.75) is 63.9 Å². The topological polar surface area (TPSA) is 60.8 Å². The lowest BCUT2D eigenvalue weighted by molar-refractivity contribution is -0.115. The van der Waals surface area contributed by atoms with Crippen molar-refractivity contribution in [2.75, 3.05) is 25.6 Å². The van der Waals surface area contributed by atoms with Gasteiger partial charge in [-0.3, -0.25) is 4.79 Å². The van der Waals surface area contributed by atoms with Gasteiger partial charge in [-0.25, -0.2) is 0 Å². The van der Waals surface area contributed by atoms with Gasteiger partial charge in [0.25, 0.3) is 0 Å². The van der Waals surface area contributed by atoms with Crippen LogP contribution < -0.4 is 4.90 Å². The number of carbonyl (C=O) groups is 1. The molecule has 0 unspecified atom stereocenters. The average Bonchev–Trinajstić information content (AvgIpc) is 3.08. The van der Waals surface area contributed by atoms with Crippen molar-refractivity contribution in [3.63, 3.8) is 0 Å². The maximum absolute atomic E-state index is 13.3. The third-order valence-corrected chi connectivity index (χ3v) is 9.86. The van der Waals surface area contributed by atoms with Crippen molar-refractivity contribution >= 4 is 17.0 Å². The molecule has 178 valence electrons. The Labute approximate surface area is 198 Å². The van der Waals surface area contributed by atoms with Gasteiger partial charge in [-0.1, -0.05) is 42.8 Å². The van der Waals surface area contributed by atoms with E-state index in [-0.39, 0.29) is 12.0 Å². The molecule has 1 aromatic rings. The molecular weight excluding hydrogens is 410 g/mol. The summed E-state index contributed by atoms with van der Waals surface area (Å²) in [6.07, 6.45) is 11.4. The molecule has 0 saturated heterocycles. The number of carbonyl (C=O) groups excluding carboxylic acids is 1. The van der Waals surface area contributed by atoms with Crippen LogP contribution >= 0.6 is 0 Å². The number of anilines is 1. The first-order valence-corrected chi connectivity index (χ1v) is 12.8. The van der Waals surface area contributed by atoms with E-state index >= 15 is 0 Å². The number of hydrogen-bond acceptors (Lipinski definition) is 4. The Kier molecular flexibility index (Phi) is 5.81. The monoisotopic (exact) mass is 449 g/mol. The summed E-state index contributed by atoms with van der Waals surface area (Å²) in [6, 6.07) is 8.37. The molecule has 33 heavy (non-hydrogen) atoms. The summed E-state index contributed by atoms with van der Waals surface area (Å²) in [5.41, 5.74) is 3.74. The van der Waals surface area contributed by atoms with Crippen molar-refractivity contribution in [1.82, 2.24) is 0 Å². The van der Waals surface area contributed by atoms with Gasteiger partial charge in [0.15, 0.2) is 5.78 Å². The fourth-order valence-electron chi connectivity index (χ4n) is 8.26. The van der Waals surface area contributed by atoms with Crippen molar-refractivity contribution in [2.24, 2.45) is 29.1 Å². The molecule has 2 N–H and O–H groups in total. The van der Waals surface area contributed by atoms with Gasteiger partial charge in [0.05, 0.1) is 12.2 Å². The summed E-state index contributed by atoms with van der Waals surface area (Å²) >= 11 is 0. The molecule has 4 heteroatoms. The van der Waals surface area contributed by atoms with Crippen LogP contribution in [0.25, 0.3) is 5.57 Å². The van der Waals surface area contributed by atoms with E-state index in [4.69, 9.17) is 0 Å². The zero-order valence-electron chi connectivity index (χ0n) is 20.4. The molecule has 1 aromatic carbocycles. The summed E-state index contributed by atoms with van der Waals surface area (Å²) in [6.45, 7) is 2.27. The Morgan fingerprint density at radius 1 is 1.06 bits per heavy atom. The van der Waals surface area contributed by atoms with Gasteiger partial charge in [-0.2, -0.15) is 0 Å². The maximum Gasteiger partial charge on any atom is 0.163 e. The number of benzene rings is 1. The first-order chi connectivity index (χ1) is 15.8. The maximum atomic E-state index is 13.3. The SMILES string of the molecule is CN(C)c1ccccc1C1=C2CC[C@@H]3[C@H](CC[C@@]4(C)[C@H]3CC[C@@]4(O)/C=C\CO)[C@H]2CCC1=O. The lowest BCUT2D eigenvalue weighted by atomic mass is 9.50. The Morgan fingerprint density at radius 2 is 1.85 bits per heavy atom. The summed E-state index contributed by atoms with van der Waals surface area (Å²) in [5, 5.41) is 20.8. The normalized spacial score (nSPS) is 38.3. The van der Waals surface area contributed by atoms with Crippen LogP contribution in [0.4, 0.5) is 5.69 Å². The second-order valence-electron chi connectivity index (χ2n) is 11.4. The number of Topliss-reactive ketones (excluding diaryl/α,β-unsaturated/α-hetero) is 1. The first kappa shape index (κ1) is 22.9. The predicted octanol–water partition coefficient (Wildman–Crippen LogP) is 5.00. The van der Waals surface area contributed by atoms with Gasteiger partial charge in [0, 0.05) is 42.8 Å². The number of rotatable bonds is 4. The highest BCUT2D eigenvalue weighted by molar-refractivity contribution is 6.23. The first-order valence-electron chi connectivity index (χ1n) is 12.8. The number of hydrogen-bond donors (Lipinski definition) is 2. The summed E-state index contributed by atoms with van der Waals surface area (Å²) in [4.78, 5) is 15.4. The second-order valence-corrected chi connectivity index (χ2v) is 11.4. The molecule has 0 spiro atoms. The molecule has 0 amide bonds. The van der Waals surface area contributed by atoms with Crippen LogP contribution in [-0.4, -0.2) is 42.3 Å². The van der Waals surface area contributed by atoms with E-state index in [9.17, 15) is 15.0 Å². The number of allylic oxidation sites excluding steroid dienone is 1. The molecule has 0 heterocycles. The van der Waals surface area contributed by atoms with Crippen LogP contribution in [0.2, 0.25) is 0 Å². The zero-order chi connectivity index (χ0) is 23.4. The molecule has 6 atom stereocenters. The molecular formula is C29H39NO3. The molecule has 3 fully saturated rings. The van der Waals surface area contributed by atoms with Crippen molar-refractivity contribution in [3.05, 3.63) is 47.6 Å². The third kappa shape index (κ3) is 3.44. The number of aliphatic hydroxyl groups excluding tert-OH is 1. The summed E-state index contributed by atoms with van der Waals surface area (Å²) in [5.74, 6) is 2.57. The minimum absolute atomic E-state index is 0.0173. The highest BCUT2D eigenvalue weighted by Gasteiger charge is 2.61. The van der Waals surface area contributed by atoms with E-state index < -0.39 is 5.60 Å². The third-order valence-electron chi connectivity index (χ3n) is 9.86. The van der Waals surface area contributed by atoms with Crippen molar-refractivity contribution in [1.29, 1.82) is 0 Å². The number of ketones is 1. The lowest BCUT2D eigenvalue weighted by Gasteiger charge is -2.55. The average molecular weight is 450 g/mol. The Hall–Kier alpha value is -1.91. The van der Waals surface area contributed by atoms with E-state index in [0.29, 0.717) is 35.9 Å². The highest BCUT2D eigenvalue weighted by Crippen LogP contribution is 2.65. The van der Waals surface area contributed by atoms with Crippen LogP contribution in [0.3, 0.4) is 0 Å².